The summed E-state index contributed by atoms with van der Waals surface area (Å²) in [5, 5.41) is 6.43. The van der Waals surface area contributed by atoms with Crippen molar-refractivity contribution in [2.45, 2.75) is 52.4 Å². The van der Waals surface area contributed by atoms with Crippen LogP contribution in [0.25, 0.3) is 10.9 Å². The number of aromatic nitrogens is 2. The van der Waals surface area contributed by atoms with E-state index in [2.05, 4.69) is 34.4 Å². The lowest BCUT2D eigenvalue weighted by atomic mass is 9.58. The molecule has 6 heteroatoms. The second-order valence-corrected chi connectivity index (χ2v) is 9.07. The van der Waals surface area contributed by atoms with Gasteiger partial charge in [-0.2, -0.15) is 0 Å². The van der Waals surface area contributed by atoms with Crippen molar-refractivity contribution in [3.05, 3.63) is 24.7 Å². The molecule has 28 heavy (non-hydrogen) atoms. The number of anilines is 1. The molecular weight excluding hydrogens is 352 g/mol. The lowest BCUT2D eigenvalue weighted by molar-refractivity contribution is -0.136. The first kappa shape index (κ1) is 19.0. The van der Waals surface area contributed by atoms with Crippen LogP contribution in [0.3, 0.4) is 0 Å². The number of H-pyrrole nitrogens is 1. The topological polar surface area (TPSA) is 86.9 Å². The number of hydrogen-bond acceptors (Lipinski definition) is 3. The number of aromatic amines is 1. The van der Waals surface area contributed by atoms with Crippen LogP contribution in [0.2, 0.25) is 0 Å². The minimum Gasteiger partial charge on any atom is -0.359 e. The molecule has 2 aliphatic rings. The van der Waals surface area contributed by atoms with Crippen LogP contribution in [0.5, 0.6) is 0 Å². The van der Waals surface area contributed by atoms with Gasteiger partial charge in [0.05, 0.1) is 11.2 Å². The van der Waals surface area contributed by atoms with E-state index in [1.165, 1.54) is 32.1 Å². The van der Waals surface area contributed by atoms with Crippen molar-refractivity contribution in [2.75, 3.05) is 11.9 Å². The second kappa shape index (κ2) is 7.57. The third-order valence-corrected chi connectivity index (χ3v) is 6.89. The molecule has 2 saturated carbocycles. The van der Waals surface area contributed by atoms with E-state index in [1.807, 2.05) is 6.07 Å². The van der Waals surface area contributed by atoms with Gasteiger partial charge in [0.1, 0.15) is 0 Å². The standard InChI is InChI=1S/C22H30N4O2/c1-3-22(9-15-6-14(2)7-16(8-15)10-22)13-25-20(27)21(28)26-19-12-24-18-4-5-23-11-17(18)19/h4-5,11-12,14-16,24H,3,6-10,13H2,1-2H3,(H,25,27)(H,26,28). The average molecular weight is 383 g/mol. The van der Waals surface area contributed by atoms with E-state index in [-0.39, 0.29) is 5.41 Å². The second-order valence-electron chi connectivity index (χ2n) is 9.07. The molecule has 2 aromatic heterocycles. The molecule has 2 unspecified atom stereocenters. The van der Waals surface area contributed by atoms with Crippen LogP contribution < -0.4 is 10.6 Å². The van der Waals surface area contributed by atoms with Crippen LogP contribution >= 0.6 is 0 Å². The van der Waals surface area contributed by atoms with Crippen molar-refractivity contribution >= 4 is 28.4 Å². The highest BCUT2D eigenvalue weighted by atomic mass is 16.2. The molecule has 2 atom stereocenters. The van der Waals surface area contributed by atoms with Crippen LogP contribution in [0.4, 0.5) is 5.69 Å². The zero-order valence-electron chi connectivity index (χ0n) is 16.8. The Morgan fingerprint density at radius 1 is 1.21 bits per heavy atom. The summed E-state index contributed by atoms with van der Waals surface area (Å²) in [7, 11) is 0. The van der Waals surface area contributed by atoms with Crippen molar-refractivity contribution in [2.24, 2.45) is 23.2 Å². The van der Waals surface area contributed by atoms with E-state index in [1.54, 1.807) is 18.6 Å². The van der Waals surface area contributed by atoms with E-state index in [9.17, 15) is 9.59 Å². The summed E-state index contributed by atoms with van der Waals surface area (Å²) in [4.78, 5) is 32.0. The highest BCUT2D eigenvalue weighted by Crippen LogP contribution is 2.51. The normalized spacial score (nSPS) is 29.4. The SMILES string of the molecule is CCC1(CNC(=O)C(=O)Nc2c[nH]c3ccncc23)CC2CC(C)CC(C2)C1. The van der Waals surface area contributed by atoms with E-state index < -0.39 is 11.8 Å². The van der Waals surface area contributed by atoms with E-state index >= 15 is 0 Å². The first-order valence-corrected chi connectivity index (χ1v) is 10.5. The Labute approximate surface area is 165 Å². The summed E-state index contributed by atoms with van der Waals surface area (Å²) in [5.74, 6) is 1.18. The third-order valence-electron chi connectivity index (χ3n) is 6.89. The molecule has 3 N–H and O–H groups in total. The summed E-state index contributed by atoms with van der Waals surface area (Å²) >= 11 is 0. The fourth-order valence-electron chi connectivity index (χ4n) is 5.69. The van der Waals surface area contributed by atoms with Gasteiger partial charge in [0.2, 0.25) is 0 Å². The summed E-state index contributed by atoms with van der Waals surface area (Å²) in [6, 6.07) is 1.83. The molecule has 2 heterocycles. The predicted octanol–water partition coefficient (Wildman–Crippen LogP) is 3.86. The van der Waals surface area contributed by atoms with E-state index in [0.29, 0.717) is 12.2 Å². The molecule has 0 saturated heterocycles. The molecular formula is C22H30N4O2. The lowest BCUT2D eigenvalue weighted by Crippen LogP contribution is -2.47. The van der Waals surface area contributed by atoms with Crippen molar-refractivity contribution in [3.8, 4) is 0 Å². The number of fused-ring (bicyclic) bond motifs is 3. The van der Waals surface area contributed by atoms with Gasteiger partial charge in [0, 0.05) is 30.5 Å². The summed E-state index contributed by atoms with van der Waals surface area (Å²) < 4.78 is 0. The molecule has 2 aromatic rings. The van der Waals surface area contributed by atoms with Gasteiger partial charge in [-0.15, -0.1) is 0 Å². The molecule has 0 radical (unpaired) electrons. The Hall–Kier alpha value is -2.37. The van der Waals surface area contributed by atoms with Crippen molar-refractivity contribution in [1.29, 1.82) is 0 Å². The molecule has 2 fully saturated rings. The van der Waals surface area contributed by atoms with Gasteiger partial charge in [0.15, 0.2) is 0 Å². The van der Waals surface area contributed by atoms with Gasteiger partial charge in [-0.1, -0.05) is 13.8 Å². The van der Waals surface area contributed by atoms with Crippen LogP contribution in [0.1, 0.15) is 52.4 Å². The summed E-state index contributed by atoms with van der Waals surface area (Å²) in [5.41, 5.74) is 1.59. The maximum Gasteiger partial charge on any atom is 0.313 e. The zero-order chi connectivity index (χ0) is 19.7. The van der Waals surface area contributed by atoms with E-state index in [0.717, 1.165) is 35.1 Å². The van der Waals surface area contributed by atoms with E-state index in [4.69, 9.17) is 0 Å². The highest BCUT2D eigenvalue weighted by Gasteiger charge is 2.42. The molecule has 0 aromatic carbocycles. The Balaban J connectivity index is 1.37. The maximum absolute atomic E-state index is 12.5. The number of nitrogens with one attached hydrogen (secondary N) is 3. The summed E-state index contributed by atoms with van der Waals surface area (Å²) in [6.07, 6.45) is 12.4. The molecule has 150 valence electrons. The minimum absolute atomic E-state index is 0.133. The van der Waals surface area contributed by atoms with Crippen LogP contribution in [0, 0.1) is 23.2 Å². The fraction of sp³-hybridized carbons (Fsp3) is 0.591. The number of hydrogen-bond donors (Lipinski definition) is 3. The Morgan fingerprint density at radius 2 is 1.96 bits per heavy atom. The first-order chi connectivity index (χ1) is 13.5. The average Bonchev–Trinajstić information content (AvgIpc) is 3.08. The monoisotopic (exact) mass is 382 g/mol. The number of carbonyl (C=O) groups excluding carboxylic acids is 2. The highest BCUT2D eigenvalue weighted by molar-refractivity contribution is 6.40. The van der Waals surface area contributed by atoms with Crippen LogP contribution in [-0.2, 0) is 9.59 Å². The number of carbonyl (C=O) groups is 2. The van der Waals surface area contributed by atoms with Crippen molar-refractivity contribution < 1.29 is 9.59 Å². The molecule has 6 nitrogen and oxygen atoms in total. The number of rotatable bonds is 4. The van der Waals surface area contributed by atoms with Crippen molar-refractivity contribution in [1.82, 2.24) is 15.3 Å². The Morgan fingerprint density at radius 3 is 2.68 bits per heavy atom. The zero-order valence-corrected chi connectivity index (χ0v) is 16.8. The molecule has 0 spiro atoms. The third kappa shape index (κ3) is 3.77. The van der Waals surface area contributed by atoms with Gasteiger partial charge in [-0.25, -0.2) is 0 Å². The fourth-order valence-corrected chi connectivity index (χ4v) is 5.69. The molecule has 0 aliphatic heterocycles. The molecule has 2 amide bonds. The number of amides is 2. The molecule has 2 bridgehead atoms. The molecule has 4 rings (SSSR count). The number of nitrogens with zero attached hydrogens (tertiary/aromatic N) is 1. The van der Waals surface area contributed by atoms with Crippen molar-refractivity contribution in [3.63, 3.8) is 0 Å². The predicted molar refractivity (Wildman–Crippen MR) is 110 cm³/mol. The van der Waals surface area contributed by atoms with Gasteiger partial charge in [-0.05, 0) is 67.8 Å². The van der Waals surface area contributed by atoms with Gasteiger partial charge in [0.25, 0.3) is 0 Å². The van der Waals surface area contributed by atoms with Gasteiger partial charge >= 0.3 is 11.8 Å². The quantitative estimate of drug-likeness (QED) is 0.702. The van der Waals surface area contributed by atoms with Gasteiger partial charge < -0.3 is 15.6 Å². The largest absolute Gasteiger partial charge is 0.359 e. The summed E-state index contributed by atoms with van der Waals surface area (Å²) in [6.45, 7) is 5.17. The van der Waals surface area contributed by atoms with Gasteiger partial charge in [-0.3, -0.25) is 14.6 Å². The van der Waals surface area contributed by atoms with Crippen LogP contribution in [0.15, 0.2) is 24.7 Å². The number of pyridine rings is 1. The lowest BCUT2D eigenvalue weighted by Gasteiger charge is -2.48. The maximum atomic E-state index is 12.5. The molecule has 2 aliphatic carbocycles. The minimum atomic E-state index is -0.624. The van der Waals surface area contributed by atoms with Crippen LogP contribution in [-0.4, -0.2) is 28.3 Å². The Bertz CT molecular complexity index is 856. The first-order valence-electron chi connectivity index (χ1n) is 10.5. The smallest absolute Gasteiger partial charge is 0.313 e. The Kier molecular flexibility index (Phi) is 5.13.